The molecule has 1 aliphatic carbocycles. The topological polar surface area (TPSA) is 137 Å². The van der Waals surface area contributed by atoms with Gasteiger partial charge in [0.15, 0.2) is 6.10 Å². The van der Waals surface area contributed by atoms with E-state index in [1.807, 2.05) is 54.6 Å². The molecule has 1 N–H and O–H groups in total. The van der Waals surface area contributed by atoms with Gasteiger partial charge in [-0.1, -0.05) is 75.4 Å². The molecule has 0 amide bonds. The van der Waals surface area contributed by atoms with E-state index in [-0.39, 0.29) is 59.9 Å². The Bertz CT molecular complexity index is 1990. The molecule has 4 aromatic carbocycles. The molecule has 2 fully saturated rings. The highest BCUT2D eigenvalue weighted by molar-refractivity contribution is 7.89. The smallest absolute Gasteiger partial charge is 0.347 e. The van der Waals surface area contributed by atoms with E-state index in [0.717, 1.165) is 30.8 Å². The maximum Gasteiger partial charge on any atom is 0.347 e. The fourth-order valence-electron chi connectivity index (χ4n) is 7.16. The first-order valence-corrected chi connectivity index (χ1v) is 19.5. The minimum absolute atomic E-state index is 0.00430. The summed E-state index contributed by atoms with van der Waals surface area (Å²) in [5, 5.41) is 11.6. The van der Waals surface area contributed by atoms with E-state index >= 15 is 0 Å². The van der Waals surface area contributed by atoms with Crippen molar-refractivity contribution in [3.05, 3.63) is 129 Å². The van der Waals surface area contributed by atoms with Gasteiger partial charge in [-0.05, 0) is 82.7 Å². The molecule has 0 aromatic heterocycles. The van der Waals surface area contributed by atoms with E-state index in [4.69, 9.17) is 14.2 Å². The van der Waals surface area contributed by atoms with Crippen LogP contribution in [0.5, 0.6) is 11.5 Å². The highest BCUT2D eigenvalue weighted by Gasteiger charge is 2.57. The van der Waals surface area contributed by atoms with Crippen molar-refractivity contribution in [1.29, 1.82) is 0 Å². The fraction of sp³-hybridized carbons (Fsp3) is 0.390. The van der Waals surface area contributed by atoms with Crippen LogP contribution in [0.4, 0.5) is 5.69 Å². The highest BCUT2D eigenvalue weighted by atomic mass is 32.2. The van der Waals surface area contributed by atoms with Crippen LogP contribution in [-0.2, 0) is 37.9 Å². The zero-order valence-electron chi connectivity index (χ0n) is 30.6. The third-order valence-corrected chi connectivity index (χ3v) is 11.5. The first-order chi connectivity index (χ1) is 25.3. The molecule has 4 aromatic rings. The van der Waals surface area contributed by atoms with Crippen molar-refractivity contribution >= 4 is 21.7 Å². The van der Waals surface area contributed by atoms with Crippen molar-refractivity contribution in [1.82, 2.24) is 9.62 Å². The lowest BCUT2D eigenvalue weighted by atomic mass is 9.87. The van der Waals surface area contributed by atoms with Gasteiger partial charge < -0.3 is 14.2 Å². The molecule has 1 saturated heterocycles. The monoisotopic (exact) mass is 741 g/mol. The van der Waals surface area contributed by atoms with E-state index in [2.05, 4.69) is 42.5 Å². The SMILES string of the molecule is CCOC(=O)[C@H](Cc1ccc(OCCNS(=O)(=O)c2ccc([N+](=O)[O-])cc2C2C3CN(Cc4ccccc4)C[C@H]32)cc1)Oc1ccc(C(C)(C)C)cc1. The van der Waals surface area contributed by atoms with Gasteiger partial charge in [0.2, 0.25) is 10.0 Å². The summed E-state index contributed by atoms with van der Waals surface area (Å²) in [5.41, 5.74) is 3.59. The van der Waals surface area contributed by atoms with Crippen LogP contribution in [-0.4, -0.2) is 63.2 Å². The number of ether oxygens (including phenoxy) is 3. The molecule has 12 heteroatoms. The Labute approximate surface area is 311 Å². The summed E-state index contributed by atoms with van der Waals surface area (Å²) in [6.45, 7) is 10.9. The number of carbonyl (C=O) groups is 1. The average molecular weight is 742 g/mol. The van der Waals surface area contributed by atoms with Crippen molar-refractivity contribution < 1.29 is 32.3 Å². The highest BCUT2D eigenvalue weighted by Crippen LogP contribution is 2.59. The van der Waals surface area contributed by atoms with Crippen LogP contribution in [0.1, 0.15) is 55.9 Å². The van der Waals surface area contributed by atoms with Crippen LogP contribution in [0.15, 0.2) is 102 Å². The van der Waals surface area contributed by atoms with Crippen molar-refractivity contribution in [2.45, 2.75) is 63.0 Å². The van der Waals surface area contributed by atoms with Crippen LogP contribution in [0.2, 0.25) is 0 Å². The van der Waals surface area contributed by atoms with Gasteiger partial charge in [0.1, 0.15) is 18.1 Å². The lowest BCUT2D eigenvalue weighted by molar-refractivity contribution is -0.385. The molecule has 1 heterocycles. The van der Waals surface area contributed by atoms with Crippen molar-refractivity contribution in [3.63, 3.8) is 0 Å². The van der Waals surface area contributed by atoms with Crippen molar-refractivity contribution in [2.75, 3.05) is 32.8 Å². The predicted molar refractivity (Wildman–Crippen MR) is 202 cm³/mol. The quantitative estimate of drug-likeness (QED) is 0.0580. The Hall–Kier alpha value is -4.78. The summed E-state index contributed by atoms with van der Waals surface area (Å²) in [6, 6.07) is 29.1. The van der Waals surface area contributed by atoms with Gasteiger partial charge in [0, 0.05) is 44.7 Å². The van der Waals surface area contributed by atoms with Gasteiger partial charge in [0.25, 0.3) is 5.69 Å². The minimum Gasteiger partial charge on any atom is -0.492 e. The van der Waals surface area contributed by atoms with E-state index in [0.29, 0.717) is 17.1 Å². The lowest BCUT2D eigenvalue weighted by Gasteiger charge is -2.21. The summed E-state index contributed by atoms with van der Waals surface area (Å²) in [7, 11) is -3.98. The molecule has 0 spiro atoms. The number of sulfonamides is 1. The number of benzene rings is 4. The minimum atomic E-state index is -3.98. The predicted octanol–water partition coefficient (Wildman–Crippen LogP) is 6.65. The van der Waals surface area contributed by atoms with Gasteiger partial charge in [0.05, 0.1) is 16.4 Å². The number of non-ortho nitro benzene ring substituents is 1. The number of piperidine rings is 1. The molecule has 6 rings (SSSR count). The summed E-state index contributed by atoms with van der Waals surface area (Å²) < 4.78 is 46.9. The molecule has 2 aliphatic rings. The fourth-order valence-corrected chi connectivity index (χ4v) is 8.43. The average Bonchev–Trinajstić information content (AvgIpc) is 3.64. The largest absolute Gasteiger partial charge is 0.492 e. The number of fused-ring (bicyclic) bond motifs is 1. The normalized spacial score (nSPS) is 18.9. The first-order valence-electron chi connectivity index (χ1n) is 18.0. The molecular formula is C41H47N3O8S. The standard InChI is InChI=1S/C41H47N3O8S/c1-5-50-40(45)37(52-33-18-13-30(14-19-33)41(2,3)4)23-28-11-16-32(17-12-28)51-22-21-42-53(48,49)38-20-15-31(44(46)47)24-34(38)39-35-26-43(27-36(35)39)25-29-9-7-6-8-10-29/h6-20,24,35-37,39,42H,5,21-23,25-27H2,1-4H3/t35-,36?,37+,39?/m1/s1. The molecular weight excluding hydrogens is 695 g/mol. The second-order valence-corrected chi connectivity index (χ2v) is 16.5. The van der Waals surface area contributed by atoms with E-state index in [1.165, 1.54) is 23.8 Å². The molecule has 53 heavy (non-hydrogen) atoms. The third-order valence-electron chi connectivity index (χ3n) is 9.93. The van der Waals surface area contributed by atoms with Crippen LogP contribution < -0.4 is 14.2 Å². The molecule has 2 unspecified atom stereocenters. The molecule has 280 valence electrons. The van der Waals surface area contributed by atoms with Gasteiger partial charge in [-0.2, -0.15) is 0 Å². The Morgan fingerprint density at radius 3 is 2.21 bits per heavy atom. The van der Waals surface area contributed by atoms with Crippen LogP contribution >= 0.6 is 0 Å². The Kier molecular flexibility index (Phi) is 11.5. The number of rotatable bonds is 16. The van der Waals surface area contributed by atoms with E-state index in [9.17, 15) is 23.3 Å². The number of esters is 1. The lowest BCUT2D eigenvalue weighted by Crippen LogP contribution is -2.31. The molecule has 1 saturated carbocycles. The number of nitrogens with one attached hydrogen (secondary N) is 1. The maximum atomic E-state index is 13.5. The zero-order chi connectivity index (χ0) is 37.8. The number of nitrogens with zero attached hydrogens (tertiary/aromatic N) is 2. The van der Waals surface area contributed by atoms with Crippen molar-refractivity contribution in [2.24, 2.45) is 11.8 Å². The van der Waals surface area contributed by atoms with Crippen LogP contribution in [0, 0.1) is 22.0 Å². The summed E-state index contributed by atoms with van der Waals surface area (Å²) in [6.07, 6.45) is -0.560. The molecule has 1 aliphatic heterocycles. The number of nitro benzene ring substituents is 1. The van der Waals surface area contributed by atoms with Gasteiger partial charge in [-0.15, -0.1) is 0 Å². The Balaban J connectivity index is 1.03. The maximum absolute atomic E-state index is 13.5. The number of likely N-dealkylation sites (tertiary alicyclic amines) is 1. The van der Waals surface area contributed by atoms with Gasteiger partial charge in [-0.25, -0.2) is 17.9 Å². The summed E-state index contributed by atoms with van der Waals surface area (Å²) in [5.74, 6) is 1.10. The van der Waals surface area contributed by atoms with E-state index in [1.54, 1.807) is 19.1 Å². The second-order valence-electron chi connectivity index (χ2n) is 14.7. The number of nitro groups is 1. The first kappa shape index (κ1) is 38.0. The number of hydrogen-bond acceptors (Lipinski definition) is 9. The number of carbonyl (C=O) groups excluding carboxylic acids is 1. The third kappa shape index (κ3) is 9.42. The molecule has 0 bridgehead atoms. The van der Waals surface area contributed by atoms with Crippen LogP contribution in [0.3, 0.4) is 0 Å². The summed E-state index contributed by atoms with van der Waals surface area (Å²) in [4.78, 5) is 26.4. The molecule has 11 nitrogen and oxygen atoms in total. The number of hydrogen-bond donors (Lipinski definition) is 1. The molecule has 4 atom stereocenters. The second kappa shape index (κ2) is 16.1. The van der Waals surface area contributed by atoms with Crippen molar-refractivity contribution in [3.8, 4) is 11.5 Å². The zero-order valence-corrected chi connectivity index (χ0v) is 31.4. The van der Waals surface area contributed by atoms with Gasteiger partial charge >= 0.3 is 5.97 Å². The van der Waals surface area contributed by atoms with E-state index < -0.39 is 27.0 Å². The Morgan fingerprint density at radius 1 is 0.925 bits per heavy atom. The van der Waals surface area contributed by atoms with Gasteiger partial charge in [-0.3, -0.25) is 15.0 Å². The van der Waals surface area contributed by atoms with Crippen LogP contribution in [0.25, 0.3) is 0 Å². The summed E-state index contributed by atoms with van der Waals surface area (Å²) >= 11 is 0. The Morgan fingerprint density at radius 2 is 1.58 bits per heavy atom. The molecule has 0 radical (unpaired) electrons.